The van der Waals surface area contributed by atoms with Crippen molar-refractivity contribution in [2.75, 3.05) is 18.5 Å². The molecule has 2 rings (SSSR count). The Balaban J connectivity index is 2.32. The van der Waals surface area contributed by atoms with Gasteiger partial charge in [0.15, 0.2) is 0 Å². The Hall–Kier alpha value is -2.11. The molecule has 1 aliphatic carbocycles. The SMILES string of the molecule is CN(CCC(=O)O)c1nc2c(cc1C(N)=O)CCC2. The van der Waals surface area contributed by atoms with Gasteiger partial charge in [-0.3, -0.25) is 9.59 Å². The van der Waals surface area contributed by atoms with Crippen LogP contribution in [0.2, 0.25) is 0 Å². The standard InChI is InChI=1S/C13H17N3O3/c1-16(6-5-11(17)18)13-9(12(14)19)7-8-3-2-4-10(8)15-13/h7H,2-6H2,1H3,(H2,14,19)(H,17,18). The van der Waals surface area contributed by atoms with Crippen LogP contribution in [0, 0.1) is 0 Å². The first kappa shape index (κ1) is 13.3. The number of rotatable bonds is 5. The number of carbonyl (C=O) groups excluding carboxylic acids is 1. The Labute approximate surface area is 111 Å². The number of pyridine rings is 1. The van der Waals surface area contributed by atoms with Crippen LogP contribution >= 0.6 is 0 Å². The molecule has 0 fully saturated rings. The van der Waals surface area contributed by atoms with Crippen LogP contribution in [-0.2, 0) is 17.6 Å². The highest BCUT2D eigenvalue weighted by Crippen LogP contribution is 2.26. The van der Waals surface area contributed by atoms with Crippen LogP contribution in [0.4, 0.5) is 5.82 Å². The zero-order chi connectivity index (χ0) is 14.0. The number of aromatic nitrogens is 1. The van der Waals surface area contributed by atoms with E-state index in [0.717, 1.165) is 30.5 Å². The molecule has 0 unspecified atom stereocenters. The number of aliphatic carboxylic acids is 1. The van der Waals surface area contributed by atoms with Crippen LogP contribution in [0.3, 0.4) is 0 Å². The van der Waals surface area contributed by atoms with Crippen LogP contribution < -0.4 is 10.6 Å². The minimum atomic E-state index is -0.881. The summed E-state index contributed by atoms with van der Waals surface area (Å²) < 4.78 is 0. The van der Waals surface area contributed by atoms with E-state index in [-0.39, 0.29) is 6.42 Å². The van der Waals surface area contributed by atoms with Gasteiger partial charge >= 0.3 is 5.97 Å². The summed E-state index contributed by atoms with van der Waals surface area (Å²) >= 11 is 0. The first-order valence-electron chi connectivity index (χ1n) is 6.24. The largest absolute Gasteiger partial charge is 0.481 e. The van der Waals surface area contributed by atoms with Gasteiger partial charge in [-0.25, -0.2) is 4.98 Å². The number of hydrogen-bond donors (Lipinski definition) is 2. The number of amides is 1. The summed E-state index contributed by atoms with van der Waals surface area (Å²) in [7, 11) is 1.72. The summed E-state index contributed by atoms with van der Waals surface area (Å²) in [5.41, 5.74) is 7.81. The molecule has 0 saturated heterocycles. The van der Waals surface area contributed by atoms with E-state index in [1.165, 1.54) is 0 Å². The molecule has 6 nitrogen and oxygen atoms in total. The molecule has 19 heavy (non-hydrogen) atoms. The molecule has 1 aliphatic rings. The number of nitrogens with zero attached hydrogens (tertiary/aromatic N) is 2. The third kappa shape index (κ3) is 2.83. The lowest BCUT2D eigenvalue weighted by molar-refractivity contribution is -0.136. The smallest absolute Gasteiger partial charge is 0.305 e. The third-order valence-corrected chi connectivity index (χ3v) is 3.32. The number of hydrogen-bond acceptors (Lipinski definition) is 4. The molecule has 0 radical (unpaired) electrons. The van der Waals surface area contributed by atoms with Gasteiger partial charge in [-0.05, 0) is 30.9 Å². The summed E-state index contributed by atoms with van der Waals surface area (Å²) in [4.78, 5) is 28.3. The van der Waals surface area contributed by atoms with E-state index >= 15 is 0 Å². The van der Waals surface area contributed by atoms with Crippen molar-refractivity contribution in [2.24, 2.45) is 5.73 Å². The van der Waals surface area contributed by atoms with Crippen molar-refractivity contribution in [1.82, 2.24) is 4.98 Å². The van der Waals surface area contributed by atoms with E-state index in [1.54, 1.807) is 18.0 Å². The highest BCUT2D eigenvalue weighted by atomic mass is 16.4. The lowest BCUT2D eigenvalue weighted by atomic mass is 10.1. The van der Waals surface area contributed by atoms with E-state index in [9.17, 15) is 9.59 Å². The van der Waals surface area contributed by atoms with E-state index < -0.39 is 11.9 Å². The van der Waals surface area contributed by atoms with Gasteiger partial charge in [0.2, 0.25) is 0 Å². The van der Waals surface area contributed by atoms with Crippen LogP contribution in [0.5, 0.6) is 0 Å². The zero-order valence-corrected chi connectivity index (χ0v) is 10.8. The molecule has 0 aliphatic heterocycles. The van der Waals surface area contributed by atoms with Crippen molar-refractivity contribution < 1.29 is 14.7 Å². The topological polar surface area (TPSA) is 96.5 Å². The monoisotopic (exact) mass is 263 g/mol. The summed E-state index contributed by atoms with van der Waals surface area (Å²) in [5.74, 6) is -0.928. The fraction of sp³-hybridized carbons (Fsp3) is 0.462. The Kier molecular flexibility index (Phi) is 3.69. The minimum Gasteiger partial charge on any atom is -0.481 e. The van der Waals surface area contributed by atoms with Crippen LogP contribution in [0.1, 0.15) is 34.5 Å². The second kappa shape index (κ2) is 5.26. The molecule has 102 valence electrons. The molecule has 6 heteroatoms. The van der Waals surface area contributed by atoms with Crippen LogP contribution in [0.15, 0.2) is 6.07 Å². The van der Waals surface area contributed by atoms with Crippen LogP contribution in [0.25, 0.3) is 0 Å². The summed E-state index contributed by atoms with van der Waals surface area (Å²) in [6, 6.07) is 1.80. The van der Waals surface area contributed by atoms with Gasteiger partial charge < -0.3 is 15.7 Å². The quantitative estimate of drug-likeness (QED) is 0.810. The van der Waals surface area contributed by atoms with Crippen molar-refractivity contribution in [2.45, 2.75) is 25.7 Å². The number of fused-ring (bicyclic) bond motifs is 1. The molecule has 0 spiro atoms. The Bertz CT molecular complexity index is 528. The molecule has 0 bridgehead atoms. The van der Waals surface area contributed by atoms with Crippen molar-refractivity contribution in [3.8, 4) is 0 Å². The van der Waals surface area contributed by atoms with Gasteiger partial charge in [-0.2, -0.15) is 0 Å². The van der Waals surface area contributed by atoms with Crippen molar-refractivity contribution in [1.29, 1.82) is 0 Å². The van der Waals surface area contributed by atoms with Crippen molar-refractivity contribution in [3.63, 3.8) is 0 Å². The lowest BCUT2D eigenvalue weighted by Crippen LogP contribution is -2.26. The molecule has 0 atom stereocenters. The molecule has 1 heterocycles. The second-order valence-corrected chi connectivity index (χ2v) is 4.75. The molecule has 1 aromatic heterocycles. The number of primary amides is 1. The fourth-order valence-corrected chi connectivity index (χ4v) is 2.30. The Morgan fingerprint density at radius 2 is 2.21 bits per heavy atom. The normalized spacial score (nSPS) is 13.1. The fourth-order valence-electron chi connectivity index (χ4n) is 2.30. The Morgan fingerprint density at radius 3 is 2.84 bits per heavy atom. The number of carbonyl (C=O) groups is 2. The average Bonchev–Trinajstić information content (AvgIpc) is 2.81. The molecule has 3 N–H and O–H groups in total. The number of nitrogens with two attached hydrogens (primary N) is 1. The van der Waals surface area contributed by atoms with Gasteiger partial charge in [0.1, 0.15) is 5.82 Å². The van der Waals surface area contributed by atoms with Crippen molar-refractivity contribution in [3.05, 3.63) is 22.9 Å². The maximum atomic E-state index is 11.5. The first-order chi connectivity index (χ1) is 8.99. The predicted octanol–water partition coefficient (Wildman–Crippen LogP) is 0.580. The highest BCUT2D eigenvalue weighted by Gasteiger charge is 2.21. The zero-order valence-electron chi connectivity index (χ0n) is 10.8. The molecule has 1 amide bonds. The second-order valence-electron chi connectivity index (χ2n) is 4.75. The number of carboxylic acids is 1. The number of carboxylic acid groups (broad SMARTS) is 1. The number of anilines is 1. The highest BCUT2D eigenvalue weighted by molar-refractivity contribution is 5.98. The maximum Gasteiger partial charge on any atom is 0.305 e. The van der Waals surface area contributed by atoms with Gasteiger partial charge in [-0.15, -0.1) is 0 Å². The van der Waals surface area contributed by atoms with Gasteiger partial charge in [0.25, 0.3) is 5.91 Å². The molecule has 1 aromatic rings. The molecular formula is C13H17N3O3. The number of aryl methyl sites for hydroxylation is 2. The minimum absolute atomic E-state index is 0.00648. The first-order valence-corrected chi connectivity index (χ1v) is 6.24. The van der Waals surface area contributed by atoms with Gasteiger partial charge in [0, 0.05) is 19.3 Å². The van der Waals surface area contributed by atoms with Gasteiger partial charge in [-0.1, -0.05) is 0 Å². The van der Waals surface area contributed by atoms with E-state index in [4.69, 9.17) is 10.8 Å². The van der Waals surface area contributed by atoms with Crippen molar-refractivity contribution >= 4 is 17.7 Å². The van der Waals surface area contributed by atoms with E-state index in [2.05, 4.69) is 4.98 Å². The molecular weight excluding hydrogens is 246 g/mol. The van der Waals surface area contributed by atoms with Crippen LogP contribution in [-0.4, -0.2) is 35.6 Å². The van der Waals surface area contributed by atoms with E-state index in [0.29, 0.717) is 17.9 Å². The summed E-state index contributed by atoms with van der Waals surface area (Å²) in [6.45, 7) is 0.293. The third-order valence-electron chi connectivity index (χ3n) is 3.32. The maximum absolute atomic E-state index is 11.5. The summed E-state index contributed by atoms with van der Waals surface area (Å²) in [6.07, 6.45) is 2.84. The van der Waals surface area contributed by atoms with Gasteiger partial charge in [0.05, 0.1) is 12.0 Å². The molecule has 0 aromatic carbocycles. The average molecular weight is 263 g/mol. The Morgan fingerprint density at radius 1 is 1.47 bits per heavy atom. The lowest BCUT2D eigenvalue weighted by Gasteiger charge is -2.20. The predicted molar refractivity (Wildman–Crippen MR) is 70.3 cm³/mol. The molecule has 0 saturated carbocycles. The summed E-state index contributed by atoms with van der Waals surface area (Å²) in [5, 5.41) is 8.70. The van der Waals surface area contributed by atoms with E-state index in [1.807, 2.05) is 0 Å².